The van der Waals surface area contributed by atoms with Gasteiger partial charge < -0.3 is 5.11 Å². The molecule has 0 aliphatic heterocycles. The molecule has 0 fully saturated rings. The third-order valence-corrected chi connectivity index (χ3v) is 4.45. The highest BCUT2D eigenvalue weighted by Crippen LogP contribution is 2.18. The Hall–Kier alpha value is -1.10. The second-order valence-corrected chi connectivity index (χ2v) is 6.67. The molecule has 0 aromatic carbocycles. The van der Waals surface area contributed by atoms with E-state index in [1.165, 1.54) is 0 Å². The molecule has 1 N–H and O–H groups in total. The van der Waals surface area contributed by atoms with Crippen molar-refractivity contribution in [3.8, 4) is 0 Å². The minimum Gasteiger partial charge on any atom is -0.481 e. The van der Waals surface area contributed by atoms with Gasteiger partial charge in [-0.2, -0.15) is 11.8 Å². The molecular weight excluding hydrogens is 272 g/mol. The molecule has 1 rings (SSSR count). The largest absolute Gasteiger partial charge is 0.481 e. The zero-order chi connectivity index (χ0) is 15.3. The van der Waals surface area contributed by atoms with Gasteiger partial charge in [0.25, 0.3) is 0 Å². The summed E-state index contributed by atoms with van der Waals surface area (Å²) >= 11 is 1.84. The van der Waals surface area contributed by atoms with Crippen LogP contribution >= 0.6 is 11.8 Å². The van der Waals surface area contributed by atoms with Crippen molar-refractivity contribution in [2.75, 3.05) is 5.75 Å². The molecule has 5 heteroatoms. The number of hydrogen-bond acceptors (Lipinski definition) is 4. The van der Waals surface area contributed by atoms with Crippen LogP contribution in [-0.2, 0) is 17.0 Å². The molecule has 1 aromatic rings. The fourth-order valence-corrected chi connectivity index (χ4v) is 2.85. The number of thioether (sulfide) groups is 1. The Kier molecular flexibility index (Phi) is 6.46. The Bertz CT molecular complexity index is 452. The molecule has 0 saturated carbocycles. The number of hydrogen-bond donors (Lipinski definition) is 1. The molecule has 20 heavy (non-hydrogen) atoms. The van der Waals surface area contributed by atoms with Crippen LogP contribution in [0.2, 0.25) is 0 Å². The average molecular weight is 296 g/mol. The first kappa shape index (κ1) is 17.0. The lowest BCUT2D eigenvalue weighted by Gasteiger charge is -2.13. The fourth-order valence-electron chi connectivity index (χ4n) is 1.95. The maximum Gasteiger partial charge on any atom is 0.306 e. The quantitative estimate of drug-likeness (QED) is 0.837. The number of aryl methyl sites for hydroxylation is 2. The van der Waals surface area contributed by atoms with E-state index in [0.717, 1.165) is 34.3 Å². The molecule has 0 spiro atoms. The third-order valence-electron chi connectivity index (χ3n) is 3.08. The van der Waals surface area contributed by atoms with Gasteiger partial charge in [0.1, 0.15) is 5.82 Å². The number of carbonyl (C=O) groups is 1. The zero-order valence-electron chi connectivity index (χ0n) is 12.9. The number of aliphatic carboxylic acids is 1. The van der Waals surface area contributed by atoms with Gasteiger partial charge in [0.2, 0.25) is 0 Å². The first-order chi connectivity index (χ1) is 9.31. The first-order valence-corrected chi connectivity index (χ1v) is 8.10. The van der Waals surface area contributed by atoms with Crippen LogP contribution in [0.4, 0.5) is 0 Å². The molecule has 0 saturated heterocycles. The van der Waals surface area contributed by atoms with Gasteiger partial charge in [-0.25, -0.2) is 9.97 Å². The van der Waals surface area contributed by atoms with Gasteiger partial charge in [-0.3, -0.25) is 4.79 Å². The predicted octanol–water partition coefficient (Wildman–Crippen LogP) is 3.25. The highest BCUT2D eigenvalue weighted by molar-refractivity contribution is 7.98. The molecule has 0 aliphatic rings. The van der Waals surface area contributed by atoms with Crippen molar-refractivity contribution >= 4 is 17.7 Å². The Morgan fingerprint density at radius 2 is 1.75 bits per heavy atom. The lowest BCUT2D eigenvalue weighted by atomic mass is 9.99. The smallest absolute Gasteiger partial charge is 0.306 e. The molecule has 1 aromatic heterocycles. The van der Waals surface area contributed by atoms with Crippen LogP contribution in [0.5, 0.6) is 0 Å². The SMILES string of the molecule is Cc1nc(CSCC(C)C)nc(C)c1CC(C)C(=O)O. The lowest BCUT2D eigenvalue weighted by molar-refractivity contribution is -0.141. The Balaban J connectivity index is 2.78. The van der Waals surface area contributed by atoms with Crippen LogP contribution in [0.25, 0.3) is 0 Å². The van der Waals surface area contributed by atoms with Crippen molar-refractivity contribution in [2.45, 2.75) is 46.8 Å². The van der Waals surface area contributed by atoms with Crippen molar-refractivity contribution in [1.29, 1.82) is 0 Å². The monoisotopic (exact) mass is 296 g/mol. The second-order valence-electron chi connectivity index (χ2n) is 5.64. The average Bonchev–Trinajstić information content (AvgIpc) is 2.32. The lowest BCUT2D eigenvalue weighted by Crippen LogP contribution is -2.15. The van der Waals surface area contributed by atoms with E-state index in [2.05, 4.69) is 23.8 Å². The van der Waals surface area contributed by atoms with E-state index in [-0.39, 0.29) is 0 Å². The number of nitrogens with zero attached hydrogens (tertiary/aromatic N) is 2. The van der Waals surface area contributed by atoms with E-state index in [1.807, 2.05) is 25.6 Å². The molecule has 1 unspecified atom stereocenters. The fraction of sp³-hybridized carbons (Fsp3) is 0.667. The second kappa shape index (κ2) is 7.62. The van der Waals surface area contributed by atoms with Crippen LogP contribution in [-0.4, -0.2) is 26.8 Å². The highest BCUT2D eigenvalue weighted by Gasteiger charge is 2.16. The standard InChI is InChI=1S/C15H24N2O2S/c1-9(2)7-20-8-14-16-11(4)13(12(5)17-14)6-10(3)15(18)19/h9-10H,6-8H2,1-5H3,(H,18,19). The maximum atomic E-state index is 11.0. The summed E-state index contributed by atoms with van der Waals surface area (Å²) in [6, 6.07) is 0. The van der Waals surface area contributed by atoms with E-state index in [0.29, 0.717) is 12.3 Å². The molecule has 0 aliphatic carbocycles. The van der Waals surface area contributed by atoms with E-state index in [9.17, 15) is 4.79 Å². The minimum atomic E-state index is -0.777. The molecular formula is C15H24N2O2S. The van der Waals surface area contributed by atoms with Gasteiger partial charge in [-0.15, -0.1) is 0 Å². The Morgan fingerprint density at radius 3 is 2.20 bits per heavy atom. The molecule has 1 atom stereocenters. The van der Waals surface area contributed by atoms with Crippen LogP contribution in [0, 0.1) is 25.7 Å². The summed E-state index contributed by atoms with van der Waals surface area (Å²) in [5.41, 5.74) is 2.79. The van der Waals surface area contributed by atoms with Gasteiger partial charge in [0.15, 0.2) is 0 Å². The van der Waals surface area contributed by atoms with Crippen LogP contribution < -0.4 is 0 Å². The Labute approximate surface area is 125 Å². The predicted molar refractivity (Wildman–Crippen MR) is 83.0 cm³/mol. The van der Waals surface area contributed by atoms with Gasteiger partial charge in [0.05, 0.1) is 11.7 Å². The molecule has 0 radical (unpaired) electrons. The van der Waals surface area contributed by atoms with Crippen molar-refractivity contribution in [1.82, 2.24) is 9.97 Å². The van der Waals surface area contributed by atoms with Gasteiger partial charge in [-0.05, 0) is 37.5 Å². The summed E-state index contributed by atoms with van der Waals surface area (Å²) in [7, 11) is 0. The summed E-state index contributed by atoms with van der Waals surface area (Å²) in [6.07, 6.45) is 0.492. The van der Waals surface area contributed by atoms with Crippen LogP contribution in [0.15, 0.2) is 0 Å². The first-order valence-electron chi connectivity index (χ1n) is 6.94. The van der Waals surface area contributed by atoms with E-state index >= 15 is 0 Å². The van der Waals surface area contributed by atoms with Gasteiger partial charge in [-0.1, -0.05) is 20.8 Å². The Morgan fingerprint density at radius 1 is 1.20 bits per heavy atom. The van der Waals surface area contributed by atoms with Gasteiger partial charge in [0, 0.05) is 11.4 Å². The topological polar surface area (TPSA) is 63.1 Å². The van der Waals surface area contributed by atoms with E-state index in [1.54, 1.807) is 6.92 Å². The van der Waals surface area contributed by atoms with Crippen LogP contribution in [0.1, 0.15) is 43.5 Å². The molecule has 112 valence electrons. The number of rotatable bonds is 7. The summed E-state index contributed by atoms with van der Waals surface area (Å²) in [6.45, 7) is 9.99. The van der Waals surface area contributed by atoms with E-state index < -0.39 is 11.9 Å². The molecule has 1 heterocycles. The van der Waals surface area contributed by atoms with Crippen molar-refractivity contribution < 1.29 is 9.90 Å². The normalized spacial score (nSPS) is 12.7. The number of aromatic nitrogens is 2. The highest BCUT2D eigenvalue weighted by atomic mass is 32.2. The summed E-state index contributed by atoms with van der Waals surface area (Å²) < 4.78 is 0. The molecule has 4 nitrogen and oxygen atoms in total. The molecule has 0 bridgehead atoms. The number of carboxylic acid groups (broad SMARTS) is 1. The summed E-state index contributed by atoms with van der Waals surface area (Å²) in [5, 5.41) is 9.00. The summed E-state index contributed by atoms with van der Waals surface area (Å²) in [5.74, 6) is 2.24. The van der Waals surface area contributed by atoms with Crippen molar-refractivity contribution in [3.63, 3.8) is 0 Å². The summed E-state index contributed by atoms with van der Waals surface area (Å²) in [4.78, 5) is 20.0. The van der Waals surface area contributed by atoms with Gasteiger partial charge >= 0.3 is 5.97 Å². The third kappa shape index (κ3) is 5.12. The minimum absolute atomic E-state index is 0.405. The maximum absolute atomic E-state index is 11.0. The van der Waals surface area contributed by atoms with E-state index in [4.69, 9.17) is 5.11 Å². The van der Waals surface area contributed by atoms with Crippen molar-refractivity contribution in [2.24, 2.45) is 11.8 Å². The van der Waals surface area contributed by atoms with Crippen LogP contribution in [0.3, 0.4) is 0 Å². The molecule has 0 amide bonds. The van der Waals surface area contributed by atoms with Crippen molar-refractivity contribution in [3.05, 3.63) is 22.8 Å². The zero-order valence-corrected chi connectivity index (χ0v) is 13.8. The number of carboxylic acids is 1.